The van der Waals surface area contributed by atoms with Gasteiger partial charge in [0.25, 0.3) is 0 Å². The molecule has 2 heteroatoms. The lowest BCUT2D eigenvalue weighted by atomic mass is 10.2. The quantitative estimate of drug-likeness (QED) is 0.503. The number of rotatable bonds is 11. The van der Waals surface area contributed by atoms with E-state index < -0.39 is 0 Å². The lowest BCUT2D eigenvalue weighted by Crippen LogP contribution is -2.24. The zero-order valence-electron chi connectivity index (χ0n) is 13.8. The first-order valence-corrected chi connectivity index (χ1v) is 7.93. The van der Waals surface area contributed by atoms with Crippen LogP contribution in [0.3, 0.4) is 0 Å². The molecule has 0 unspecified atom stereocenters. The molecule has 2 nitrogen and oxygen atoms in total. The third kappa shape index (κ3) is 18.3. The number of hydrogen-bond acceptors (Lipinski definition) is 2. The van der Waals surface area contributed by atoms with Crippen molar-refractivity contribution in [2.24, 2.45) is 5.92 Å². The van der Waals surface area contributed by atoms with E-state index in [0.717, 1.165) is 19.1 Å². The van der Waals surface area contributed by atoms with E-state index in [0.29, 0.717) is 0 Å². The highest BCUT2D eigenvalue weighted by atomic mass is 16.5. The highest BCUT2D eigenvalue weighted by molar-refractivity contribution is 4.54. The molecule has 0 aliphatic heterocycles. The van der Waals surface area contributed by atoms with Crippen LogP contribution in [0.15, 0.2) is 0 Å². The molecule has 0 spiro atoms. The summed E-state index contributed by atoms with van der Waals surface area (Å²) in [6.45, 7) is 15.1. The molecule has 0 aliphatic rings. The number of unbranched alkanes of at least 4 members (excludes halogenated alkanes) is 3. The van der Waals surface area contributed by atoms with Crippen molar-refractivity contribution >= 4 is 0 Å². The van der Waals surface area contributed by atoms with Crippen molar-refractivity contribution in [3.8, 4) is 0 Å². The largest absolute Gasteiger partial charge is 0.381 e. The highest BCUT2D eigenvalue weighted by Gasteiger charge is 2.00. The van der Waals surface area contributed by atoms with E-state index in [2.05, 4.69) is 32.7 Å². The van der Waals surface area contributed by atoms with Crippen molar-refractivity contribution in [3.63, 3.8) is 0 Å². The molecule has 0 N–H and O–H groups in total. The van der Waals surface area contributed by atoms with Crippen LogP contribution in [-0.2, 0) is 4.74 Å². The van der Waals surface area contributed by atoms with Crippen LogP contribution < -0.4 is 0 Å². The topological polar surface area (TPSA) is 12.5 Å². The van der Waals surface area contributed by atoms with Gasteiger partial charge < -0.3 is 9.64 Å². The van der Waals surface area contributed by atoms with E-state index in [-0.39, 0.29) is 0 Å². The second-order valence-electron chi connectivity index (χ2n) is 5.18. The first-order valence-electron chi connectivity index (χ1n) is 7.93. The Kier molecular flexibility index (Phi) is 19.0. The number of nitrogens with zero attached hydrogens (tertiary/aromatic N) is 1. The Morgan fingerprint density at radius 3 is 2.00 bits per heavy atom. The molecule has 0 saturated carbocycles. The van der Waals surface area contributed by atoms with E-state index in [1.165, 1.54) is 45.2 Å². The smallest absolute Gasteiger partial charge is 0.0466 e. The standard InChI is InChI=1S/C14H31NO.C2H6/c1-5-6-8-11-16-12-9-7-10-15(4)13-14(2)3;1-2/h14H,5-13H2,1-4H3;1-2H3. The summed E-state index contributed by atoms with van der Waals surface area (Å²) in [5.74, 6) is 0.773. The van der Waals surface area contributed by atoms with Crippen LogP contribution in [0.2, 0.25) is 0 Å². The summed E-state index contributed by atoms with van der Waals surface area (Å²) >= 11 is 0. The minimum absolute atomic E-state index is 0.773. The van der Waals surface area contributed by atoms with Gasteiger partial charge in [0, 0.05) is 19.8 Å². The predicted octanol–water partition coefficient (Wildman–Crippen LogP) is 4.59. The summed E-state index contributed by atoms with van der Waals surface area (Å²) in [6.07, 6.45) is 6.27. The lowest BCUT2D eigenvalue weighted by Gasteiger charge is -2.18. The van der Waals surface area contributed by atoms with Gasteiger partial charge in [0.05, 0.1) is 0 Å². The first-order chi connectivity index (χ1) is 8.66. The average Bonchev–Trinajstić information content (AvgIpc) is 2.34. The fourth-order valence-electron chi connectivity index (χ4n) is 1.86. The second kappa shape index (κ2) is 16.9. The van der Waals surface area contributed by atoms with Crippen molar-refractivity contribution in [3.05, 3.63) is 0 Å². The van der Waals surface area contributed by atoms with Crippen molar-refractivity contribution < 1.29 is 4.74 Å². The summed E-state index contributed by atoms with van der Waals surface area (Å²) in [5.41, 5.74) is 0. The zero-order valence-corrected chi connectivity index (χ0v) is 13.8. The normalized spacial score (nSPS) is 10.7. The van der Waals surface area contributed by atoms with Gasteiger partial charge in [-0.1, -0.05) is 47.5 Å². The van der Waals surface area contributed by atoms with Crippen LogP contribution >= 0.6 is 0 Å². The summed E-state index contributed by atoms with van der Waals surface area (Å²) < 4.78 is 5.58. The number of ether oxygens (including phenoxy) is 1. The molecule has 0 rings (SSSR count). The van der Waals surface area contributed by atoms with Crippen LogP contribution in [-0.4, -0.2) is 38.3 Å². The molecule has 112 valence electrons. The van der Waals surface area contributed by atoms with Gasteiger partial charge in [-0.25, -0.2) is 0 Å². The maximum atomic E-state index is 5.58. The Morgan fingerprint density at radius 1 is 0.944 bits per heavy atom. The number of hydrogen-bond donors (Lipinski definition) is 0. The summed E-state index contributed by atoms with van der Waals surface area (Å²) in [4.78, 5) is 2.42. The van der Waals surface area contributed by atoms with Crippen LogP contribution in [0, 0.1) is 5.92 Å². The van der Waals surface area contributed by atoms with Gasteiger partial charge >= 0.3 is 0 Å². The molecule has 0 aromatic heterocycles. The average molecular weight is 259 g/mol. The van der Waals surface area contributed by atoms with Gasteiger partial charge in [0.1, 0.15) is 0 Å². The van der Waals surface area contributed by atoms with Gasteiger partial charge in [-0.05, 0) is 38.8 Å². The third-order valence-electron chi connectivity index (χ3n) is 2.65. The molecule has 0 saturated heterocycles. The summed E-state index contributed by atoms with van der Waals surface area (Å²) in [5, 5.41) is 0. The van der Waals surface area contributed by atoms with Gasteiger partial charge in [-0.2, -0.15) is 0 Å². The SMILES string of the molecule is CC.CCCCCOCCCCN(C)CC(C)C. The van der Waals surface area contributed by atoms with Crippen LogP contribution in [0.25, 0.3) is 0 Å². The molecule has 0 fully saturated rings. The molecule has 0 atom stereocenters. The molecule has 18 heavy (non-hydrogen) atoms. The Balaban J connectivity index is 0. The van der Waals surface area contributed by atoms with Crippen molar-refractivity contribution in [2.75, 3.05) is 33.4 Å². The third-order valence-corrected chi connectivity index (χ3v) is 2.65. The molecule has 0 bridgehead atoms. The monoisotopic (exact) mass is 259 g/mol. The predicted molar refractivity (Wildman–Crippen MR) is 83.3 cm³/mol. The van der Waals surface area contributed by atoms with Crippen LogP contribution in [0.4, 0.5) is 0 Å². The highest BCUT2D eigenvalue weighted by Crippen LogP contribution is 2.00. The van der Waals surface area contributed by atoms with E-state index >= 15 is 0 Å². The lowest BCUT2D eigenvalue weighted by molar-refractivity contribution is 0.124. The van der Waals surface area contributed by atoms with Crippen LogP contribution in [0.5, 0.6) is 0 Å². The van der Waals surface area contributed by atoms with Gasteiger partial charge in [-0.3, -0.25) is 0 Å². The van der Waals surface area contributed by atoms with E-state index in [4.69, 9.17) is 4.74 Å². The second-order valence-corrected chi connectivity index (χ2v) is 5.18. The fraction of sp³-hybridized carbons (Fsp3) is 1.00. The van der Waals surface area contributed by atoms with E-state index in [9.17, 15) is 0 Å². The van der Waals surface area contributed by atoms with E-state index in [1.54, 1.807) is 0 Å². The molecule has 0 amide bonds. The molecule has 0 aromatic carbocycles. The minimum atomic E-state index is 0.773. The van der Waals surface area contributed by atoms with Crippen LogP contribution in [0.1, 0.15) is 66.7 Å². The Bertz CT molecular complexity index is 137. The first kappa shape index (κ1) is 20.2. The molecule has 0 heterocycles. The Morgan fingerprint density at radius 2 is 1.50 bits per heavy atom. The van der Waals surface area contributed by atoms with Gasteiger partial charge in [0.2, 0.25) is 0 Å². The molecule has 0 aromatic rings. The fourth-order valence-corrected chi connectivity index (χ4v) is 1.86. The maximum Gasteiger partial charge on any atom is 0.0466 e. The van der Waals surface area contributed by atoms with Crippen molar-refractivity contribution in [2.45, 2.75) is 66.7 Å². The summed E-state index contributed by atoms with van der Waals surface area (Å²) in [7, 11) is 2.21. The molecule has 0 radical (unpaired) electrons. The van der Waals surface area contributed by atoms with Gasteiger partial charge in [-0.15, -0.1) is 0 Å². The Hall–Kier alpha value is -0.0800. The zero-order chi connectivity index (χ0) is 14.2. The summed E-state index contributed by atoms with van der Waals surface area (Å²) in [6, 6.07) is 0. The Labute approximate surface area is 116 Å². The molecule has 0 aliphatic carbocycles. The van der Waals surface area contributed by atoms with Crippen molar-refractivity contribution in [1.29, 1.82) is 0 Å². The minimum Gasteiger partial charge on any atom is -0.381 e. The maximum absolute atomic E-state index is 5.58. The molecular formula is C16H37NO. The molecular weight excluding hydrogens is 222 g/mol. The van der Waals surface area contributed by atoms with Crippen molar-refractivity contribution in [1.82, 2.24) is 4.90 Å². The van der Waals surface area contributed by atoms with Gasteiger partial charge in [0.15, 0.2) is 0 Å². The van der Waals surface area contributed by atoms with E-state index in [1.807, 2.05) is 13.8 Å².